The van der Waals surface area contributed by atoms with Gasteiger partial charge >= 0.3 is 0 Å². The van der Waals surface area contributed by atoms with Gasteiger partial charge in [-0.1, -0.05) is 6.07 Å². The fourth-order valence-electron chi connectivity index (χ4n) is 1.55. The molecule has 6 heteroatoms. The summed E-state index contributed by atoms with van der Waals surface area (Å²) in [6, 6.07) is 3.83. The van der Waals surface area contributed by atoms with Gasteiger partial charge in [0.05, 0.1) is 24.1 Å². The van der Waals surface area contributed by atoms with E-state index in [1.165, 1.54) is 10.9 Å². The third kappa shape index (κ3) is 3.07. The number of nitrogens with one attached hydrogen (secondary N) is 1. The average molecular weight is 245 g/mol. The Balaban J connectivity index is 1.87. The smallest absolute Gasteiger partial charge is 0.242 e. The highest BCUT2D eigenvalue weighted by molar-refractivity contribution is 5.75. The summed E-state index contributed by atoms with van der Waals surface area (Å²) in [7, 11) is 0. The van der Waals surface area contributed by atoms with Gasteiger partial charge in [0.1, 0.15) is 6.54 Å². The third-order valence-corrected chi connectivity index (χ3v) is 2.53. The Hall–Kier alpha value is -2.37. The zero-order chi connectivity index (χ0) is 13.0. The molecule has 6 nitrogen and oxygen atoms in total. The quantitative estimate of drug-likeness (QED) is 0.820. The molecule has 2 heterocycles. The zero-order valence-electron chi connectivity index (χ0n) is 10.1. The van der Waals surface area contributed by atoms with Crippen LogP contribution in [0, 0.1) is 6.92 Å². The van der Waals surface area contributed by atoms with Crippen LogP contribution in [0.5, 0.6) is 0 Å². The Morgan fingerprint density at radius 1 is 1.56 bits per heavy atom. The molecule has 2 rings (SSSR count). The number of nitrogen functional groups attached to an aromatic ring is 1. The number of aryl methyl sites for hydroxylation is 1. The van der Waals surface area contributed by atoms with E-state index in [0.29, 0.717) is 12.2 Å². The molecule has 0 radical (unpaired) electrons. The lowest BCUT2D eigenvalue weighted by molar-refractivity contribution is -0.122. The first-order chi connectivity index (χ1) is 8.65. The van der Waals surface area contributed by atoms with E-state index in [9.17, 15) is 4.79 Å². The second-order valence-corrected chi connectivity index (χ2v) is 4.01. The first kappa shape index (κ1) is 12.1. The van der Waals surface area contributed by atoms with Gasteiger partial charge in [0.2, 0.25) is 5.91 Å². The van der Waals surface area contributed by atoms with E-state index >= 15 is 0 Å². The van der Waals surface area contributed by atoms with Crippen molar-refractivity contribution in [1.29, 1.82) is 0 Å². The second kappa shape index (κ2) is 5.31. The summed E-state index contributed by atoms with van der Waals surface area (Å²) in [5.41, 5.74) is 7.98. The minimum Gasteiger partial charge on any atom is -0.396 e. The van der Waals surface area contributed by atoms with Gasteiger partial charge in [0.25, 0.3) is 0 Å². The summed E-state index contributed by atoms with van der Waals surface area (Å²) in [5, 5.41) is 6.74. The molecule has 2 aromatic heterocycles. The number of aromatic nitrogens is 3. The molecule has 0 spiro atoms. The maximum absolute atomic E-state index is 11.7. The van der Waals surface area contributed by atoms with Crippen molar-refractivity contribution >= 4 is 11.6 Å². The van der Waals surface area contributed by atoms with Crippen LogP contribution in [0.3, 0.4) is 0 Å². The number of pyridine rings is 1. The van der Waals surface area contributed by atoms with Crippen molar-refractivity contribution in [3.63, 3.8) is 0 Å². The van der Waals surface area contributed by atoms with Gasteiger partial charge in [-0.3, -0.25) is 14.5 Å². The predicted molar refractivity (Wildman–Crippen MR) is 67.5 cm³/mol. The van der Waals surface area contributed by atoms with Gasteiger partial charge in [0.15, 0.2) is 0 Å². The normalized spacial score (nSPS) is 10.3. The van der Waals surface area contributed by atoms with Crippen LogP contribution in [0.25, 0.3) is 0 Å². The Kier molecular flexibility index (Phi) is 3.57. The molecule has 0 atom stereocenters. The van der Waals surface area contributed by atoms with E-state index in [4.69, 9.17) is 5.73 Å². The zero-order valence-corrected chi connectivity index (χ0v) is 10.1. The molecule has 3 N–H and O–H groups in total. The molecule has 0 saturated carbocycles. The van der Waals surface area contributed by atoms with Gasteiger partial charge in [-0.05, 0) is 18.6 Å². The van der Waals surface area contributed by atoms with E-state index < -0.39 is 0 Å². The molecule has 0 saturated heterocycles. The summed E-state index contributed by atoms with van der Waals surface area (Å²) in [6.45, 7) is 2.54. The molecule has 94 valence electrons. The maximum atomic E-state index is 11.7. The standard InChI is InChI=1S/C12H15N5O/c1-9-3-2-4-14-11(9)6-15-12(18)8-17-7-10(13)5-16-17/h2-5,7H,6,8,13H2,1H3,(H,15,18). The number of carbonyl (C=O) groups is 1. The lowest BCUT2D eigenvalue weighted by Gasteiger charge is -2.06. The first-order valence-electron chi connectivity index (χ1n) is 5.60. The Morgan fingerprint density at radius 2 is 2.39 bits per heavy atom. The largest absolute Gasteiger partial charge is 0.396 e. The number of nitrogens with two attached hydrogens (primary N) is 1. The van der Waals surface area contributed by atoms with Gasteiger partial charge < -0.3 is 11.1 Å². The molecule has 1 amide bonds. The highest BCUT2D eigenvalue weighted by atomic mass is 16.2. The number of rotatable bonds is 4. The first-order valence-corrected chi connectivity index (χ1v) is 5.60. The molecule has 0 aliphatic rings. The van der Waals surface area contributed by atoms with E-state index in [0.717, 1.165) is 11.3 Å². The minimum absolute atomic E-state index is 0.122. The molecule has 0 aromatic carbocycles. The van der Waals surface area contributed by atoms with Crippen molar-refractivity contribution in [2.45, 2.75) is 20.0 Å². The molecule has 0 aliphatic heterocycles. The van der Waals surface area contributed by atoms with Crippen molar-refractivity contribution < 1.29 is 4.79 Å². The molecule has 18 heavy (non-hydrogen) atoms. The lowest BCUT2D eigenvalue weighted by Crippen LogP contribution is -2.27. The van der Waals surface area contributed by atoms with Gasteiger partial charge in [-0.25, -0.2) is 0 Å². The van der Waals surface area contributed by atoms with E-state index in [1.807, 2.05) is 19.1 Å². The number of nitrogens with zero attached hydrogens (tertiary/aromatic N) is 3. The Bertz CT molecular complexity index is 549. The lowest BCUT2D eigenvalue weighted by atomic mass is 10.2. The summed E-state index contributed by atoms with van der Waals surface area (Å²) < 4.78 is 1.50. The monoisotopic (exact) mass is 245 g/mol. The topological polar surface area (TPSA) is 85.8 Å². The SMILES string of the molecule is Cc1cccnc1CNC(=O)Cn1cc(N)cn1. The third-order valence-electron chi connectivity index (χ3n) is 2.53. The van der Waals surface area contributed by atoms with Crippen LogP contribution in [-0.2, 0) is 17.9 Å². The van der Waals surface area contributed by atoms with Crippen molar-refractivity contribution in [1.82, 2.24) is 20.1 Å². The van der Waals surface area contributed by atoms with Crippen LogP contribution in [0.2, 0.25) is 0 Å². The predicted octanol–water partition coefficient (Wildman–Crippen LogP) is 0.485. The van der Waals surface area contributed by atoms with Crippen LogP contribution < -0.4 is 11.1 Å². The molecule has 0 unspecified atom stereocenters. The summed E-state index contributed by atoms with van der Waals surface area (Å²) in [6.07, 6.45) is 4.84. The fraction of sp³-hybridized carbons (Fsp3) is 0.250. The fourth-order valence-corrected chi connectivity index (χ4v) is 1.55. The maximum Gasteiger partial charge on any atom is 0.242 e. The van der Waals surface area contributed by atoms with Gasteiger partial charge in [-0.15, -0.1) is 0 Å². The second-order valence-electron chi connectivity index (χ2n) is 4.01. The van der Waals surface area contributed by atoms with E-state index in [-0.39, 0.29) is 12.5 Å². The van der Waals surface area contributed by atoms with Crippen LogP contribution in [0.15, 0.2) is 30.7 Å². The van der Waals surface area contributed by atoms with Crippen molar-refractivity contribution in [2.75, 3.05) is 5.73 Å². The van der Waals surface area contributed by atoms with Crippen molar-refractivity contribution in [2.24, 2.45) is 0 Å². The molecular formula is C12H15N5O. The van der Waals surface area contributed by atoms with Gasteiger partial charge in [0, 0.05) is 12.4 Å². The van der Waals surface area contributed by atoms with Crippen molar-refractivity contribution in [3.05, 3.63) is 42.0 Å². The average Bonchev–Trinajstić information content (AvgIpc) is 2.74. The molecular weight excluding hydrogens is 230 g/mol. The Labute approximate surface area is 105 Å². The summed E-state index contributed by atoms with van der Waals surface area (Å²) in [5.74, 6) is -0.122. The number of amides is 1. The number of hydrogen-bond donors (Lipinski definition) is 2. The summed E-state index contributed by atoms with van der Waals surface area (Å²) in [4.78, 5) is 15.9. The van der Waals surface area contributed by atoms with Crippen LogP contribution in [-0.4, -0.2) is 20.7 Å². The molecule has 0 fully saturated rings. The van der Waals surface area contributed by atoms with Crippen molar-refractivity contribution in [3.8, 4) is 0 Å². The molecule has 2 aromatic rings. The molecule has 0 bridgehead atoms. The summed E-state index contributed by atoms with van der Waals surface area (Å²) >= 11 is 0. The van der Waals surface area contributed by atoms with Crippen LogP contribution in [0.4, 0.5) is 5.69 Å². The molecule has 0 aliphatic carbocycles. The highest BCUT2D eigenvalue weighted by Crippen LogP contribution is 2.02. The number of hydrogen-bond acceptors (Lipinski definition) is 4. The Morgan fingerprint density at radius 3 is 3.06 bits per heavy atom. The van der Waals surface area contributed by atoms with E-state index in [2.05, 4.69) is 15.4 Å². The van der Waals surface area contributed by atoms with E-state index in [1.54, 1.807) is 12.4 Å². The van der Waals surface area contributed by atoms with Crippen LogP contribution in [0.1, 0.15) is 11.3 Å². The highest BCUT2D eigenvalue weighted by Gasteiger charge is 2.05. The van der Waals surface area contributed by atoms with Crippen LogP contribution >= 0.6 is 0 Å². The number of carbonyl (C=O) groups excluding carboxylic acids is 1. The van der Waals surface area contributed by atoms with Gasteiger partial charge in [-0.2, -0.15) is 5.10 Å². The minimum atomic E-state index is -0.122. The number of anilines is 1.